The van der Waals surface area contributed by atoms with Crippen molar-refractivity contribution in [1.29, 1.82) is 0 Å². The molecule has 1 atom stereocenters. The predicted octanol–water partition coefficient (Wildman–Crippen LogP) is 1.67. The van der Waals surface area contributed by atoms with Crippen LogP contribution in [0.1, 0.15) is 39.5 Å². The normalized spacial score (nSPS) is 16.3. The van der Waals surface area contributed by atoms with Gasteiger partial charge in [0.1, 0.15) is 15.5 Å². The Balaban J connectivity index is 4.03. The highest BCUT2D eigenvalue weighted by atomic mass is 32.2. The van der Waals surface area contributed by atoms with Crippen LogP contribution in [0.15, 0.2) is 0 Å². The molecule has 1 unspecified atom stereocenters. The predicted molar refractivity (Wildman–Crippen MR) is 61.4 cm³/mol. The number of halogens is 1. The van der Waals surface area contributed by atoms with Crippen LogP contribution in [0.4, 0.5) is 4.39 Å². The Morgan fingerprint density at radius 2 is 1.87 bits per heavy atom. The van der Waals surface area contributed by atoms with E-state index < -0.39 is 15.5 Å². The molecule has 0 saturated carbocycles. The van der Waals surface area contributed by atoms with Gasteiger partial charge in [0.15, 0.2) is 0 Å². The summed E-state index contributed by atoms with van der Waals surface area (Å²) in [7, 11) is -2.97. The van der Waals surface area contributed by atoms with Gasteiger partial charge in [0.2, 0.25) is 0 Å². The fraction of sp³-hybridized carbons (Fsp3) is 1.00. The van der Waals surface area contributed by atoms with Gasteiger partial charge in [-0.2, -0.15) is 0 Å². The molecule has 2 N–H and O–H groups in total. The third kappa shape index (κ3) is 6.10. The number of sulfone groups is 1. The summed E-state index contributed by atoms with van der Waals surface area (Å²) in [5.41, 5.74) is 3.97. The van der Waals surface area contributed by atoms with Crippen molar-refractivity contribution in [3.63, 3.8) is 0 Å². The molecule has 5 heteroatoms. The molecule has 0 aromatic carbocycles. The number of hydrogen-bond donors (Lipinski definition) is 1. The monoisotopic (exact) mass is 239 g/mol. The molecule has 0 saturated heterocycles. The van der Waals surface area contributed by atoms with Gasteiger partial charge >= 0.3 is 0 Å². The number of hydrogen-bond acceptors (Lipinski definition) is 3. The summed E-state index contributed by atoms with van der Waals surface area (Å²) in [5.74, 6) is 0.196. The van der Waals surface area contributed by atoms with Gasteiger partial charge in [-0.25, -0.2) is 12.8 Å². The lowest BCUT2D eigenvalue weighted by Crippen LogP contribution is -2.33. The van der Waals surface area contributed by atoms with Gasteiger partial charge in [-0.1, -0.05) is 20.3 Å². The highest BCUT2D eigenvalue weighted by Crippen LogP contribution is 2.23. The molecule has 15 heavy (non-hydrogen) atoms. The van der Waals surface area contributed by atoms with Crippen LogP contribution in [-0.4, -0.2) is 32.1 Å². The minimum absolute atomic E-state index is 0.0208. The number of nitrogens with two attached hydrogens (primary N) is 1. The van der Waals surface area contributed by atoms with Crippen molar-refractivity contribution in [2.75, 3.05) is 18.1 Å². The van der Waals surface area contributed by atoms with Crippen molar-refractivity contribution in [2.45, 2.75) is 45.2 Å². The van der Waals surface area contributed by atoms with Crippen LogP contribution in [0.2, 0.25) is 0 Å². The second-order valence-electron chi connectivity index (χ2n) is 3.94. The first-order valence-corrected chi connectivity index (χ1v) is 7.30. The molecule has 0 radical (unpaired) electrons. The van der Waals surface area contributed by atoms with E-state index in [0.29, 0.717) is 12.8 Å². The van der Waals surface area contributed by atoms with Crippen molar-refractivity contribution >= 4 is 9.84 Å². The molecule has 0 amide bonds. The van der Waals surface area contributed by atoms with Crippen molar-refractivity contribution in [2.24, 2.45) is 5.73 Å². The molecule has 0 bridgehead atoms. The smallest absolute Gasteiger partial charge is 0.150 e. The third-order valence-electron chi connectivity index (χ3n) is 2.58. The lowest BCUT2D eigenvalue weighted by atomic mass is 9.95. The van der Waals surface area contributed by atoms with Crippen molar-refractivity contribution in [1.82, 2.24) is 0 Å². The second-order valence-corrected chi connectivity index (χ2v) is 6.42. The molecule has 3 nitrogen and oxygen atoms in total. The Hall–Kier alpha value is -0.160. The van der Waals surface area contributed by atoms with E-state index in [-0.39, 0.29) is 24.5 Å². The summed E-state index contributed by atoms with van der Waals surface area (Å²) >= 11 is 0. The van der Waals surface area contributed by atoms with Gasteiger partial charge in [0.05, 0.1) is 5.75 Å². The minimum atomic E-state index is -2.97. The lowest BCUT2D eigenvalue weighted by Gasteiger charge is -2.22. The molecule has 0 spiro atoms. The fourth-order valence-corrected chi connectivity index (χ4v) is 2.40. The van der Waals surface area contributed by atoms with E-state index in [1.54, 1.807) is 6.92 Å². The summed E-state index contributed by atoms with van der Waals surface area (Å²) < 4.78 is 36.2. The van der Waals surface area contributed by atoms with Crippen molar-refractivity contribution < 1.29 is 12.8 Å². The van der Waals surface area contributed by atoms with E-state index in [9.17, 15) is 12.8 Å². The molecule has 0 aliphatic carbocycles. The summed E-state index contributed by atoms with van der Waals surface area (Å²) in [5, 5.41) is 0. The Bertz CT molecular complexity index is 267. The molecule has 0 aromatic heterocycles. The third-order valence-corrected chi connectivity index (χ3v) is 4.37. The maximum atomic E-state index is 13.9. The minimum Gasteiger partial charge on any atom is -0.328 e. The van der Waals surface area contributed by atoms with Gasteiger partial charge in [-0.05, 0) is 19.3 Å². The van der Waals surface area contributed by atoms with Crippen molar-refractivity contribution in [3.8, 4) is 0 Å². The van der Waals surface area contributed by atoms with Crippen LogP contribution < -0.4 is 5.73 Å². The average Bonchev–Trinajstić information content (AvgIpc) is 2.18. The number of alkyl halides is 1. The Labute approximate surface area is 92.2 Å². The molecule has 0 rings (SSSR count). The van der Waals surface area contributed by atoms with Gasteiger partial charge in [0.25, 0.3) is 0 Å². The van der Waals surface area contributed by atoms with Crippen LogP contribution in [-0.2, 0) is 9.84 Å². The maximum Gasteiger partial charge on any atom is 0.150 e. The zero-order valence-corrected chi connectivity index (χ0v) is 10.4. The standard InChI is InChI=1S/C10H22FNO2S/c1-3-6-10(11,9-12)7-5-8-15(13,14)4-2/h3-9,12H2,1-2H3. The number of rotatable bonds is 8. The van der Waals surface area contributed by atoms with Crippen LogP contribution >= 0.6 is 0 Å². The average molecular weight is 239 g/mol. The first kappa shape index (κ1) is 14.8. The Morgan fingerprint density at radius 1 is 1.27 bits per heavy atom. The van der Waals surface area contributed by atoms with Crippen molar-refractivity contribution in [3.05, 3.63) is 0 Å². The largest absolute Gasteiger partial charge is 0.328 e. The molecule has 0 fully saturated rings. The fourth-order valence-electron chi connectivity index (χ4n) is 1.53. The zero-order valence-electron chi connectivity index (χ0n) is 9.63. The van der Waals surface area contributed by atoms with Crippen LogP contribution in [0.25, 0.3) is 0 Å². The molecule has 92 valence electrons. The lowest BCUT2D eigenvalue weighted by molar-refractivity contribution is 0.144. The summed E-state index contributed by atoms with van der Waals surface area (Å²) in [4.78, 5) is 0. The Kier molecular flexibility index (Phi) is 6.36. The summed E-state index contributed by atoms with van der Waals surface area (Å²) in [6.07, 6.45) is 1.75. The molecule has 0 heterocycles. The Morgan fingerprint density at radius 3 is 2.27 bits per heavy atom. The molecule has 0 aliphatic rings. The van der Waals surface area contributed by atoms with E-state index in [1.165, 1.54) is 0 Å². The highest BCUT2D eigenvalue weighted by Gasteiger charge is 2.26. The first-order chi connectivity index (χ1) is 6.89. The van der Waals surface area contributed by atoms with Gasteiger partial charge in [0, 0.05) is 12.3 Å². The van der Waals surface area contributed by atoms with E-state index in [2.05, 4.69) is 0 Å². The maximum absolute atomic E-state index is 13.9. The highest BCUT2D eigenvalue weighted by molar-refractivity contribution is 7.91. The zero-order chi connectivity index (χ0) is 11.9. The van der Waals surface area contributed by atoms with E-state index in [4.69, 9.17) is 5.73 Å². The topological polar surface area (TPSA) is 60.2 Å². The van der Waals surface area contributed by atoms with Crippen LogP contribution in [0.5, 0.6) is 0 Å². The summed E-state index contributed by atoms with van der Waals surface area (Å²) in [6, 6.07) is 0. The van der Waals surface area contributed by atoms with Crippen LogP contribution in [0, 0.1) is 0 Å². The summed E-state index contributed by atoms with van der Waals surface area (Å²) in [6.45, 7) is 3.48. The van der Waals surface area contributed by atoms with E-state index in [1.807, 2.05) is 6.92 Å². The van der Waals surface area contributed by atoms with Crippen LogP contribution in [0.3, 0.4) is 0 Å². The molecule has 0 aliphatic heterocycles. The van der Waals surface area contributed by atoms with Gasteiger partial charge < -0.3 is 5.73 Å². The van der Waals surface area contributed by atoms with Gasteiger partial charge in [-0.3, -0.25) is 0 Å². The second kappa shape index (κ2) is 6.43. The molecule has 0 aromatic rings. The molecular weight excluding hydrogens is 217 g/mol. The quantitative estimate of drug-likeness (QED) is 0.701. The first-order valence-electron chi connectivity index (χ1n) is 5.48. The van der Waals surface area contributed by atoms with E-state index in [0.717, 1.165) is 6.42 Å². The molecular formula is C10H22FNO2S. The van der Waals surface area contributed by atoms with Gasteiger partial charge in [-0.15, -0.1) is 0 Å². The van der Waals surface area contributed by atoms with E-state index >= 15 is 0 Å². The SMILES string of the molecule is CCCC(F)(CN)CCCS(=O)(=O)CC.